The monoisotopic (exact) mass is 422 g/mol. The van der Waals surface area contributed by atoms with Crippen LogP contribution in [0.5, 0.6) is 0 Å². The molecule has 1 aliphatic heterocycles. The van der Waals surface area contributed by atoms with Crippen LogP contribution in [0.4, 0.5) is 0 Å². The van der Waals surface area contributed by atoms with E-state index in [-0.39, 0.29) is 17.9 Å². The van der Waals surface area contributed by atoms with Crippen LogP contribution in [0, 0.1) is 11.8 Å². The normalized spacial score (nSPS) is 17.6. The first-order valence-electron chi connectivity index (χ1n) is 11.7. The standard InChI is InChI=1S/C27H38N2O2/c1-21(2)20-31-27(22(3)4,24-13-9-6-10-14-24)26(30)28-25-15-17-29(18-16-25)19-23-11-7-5-8-12-23/h5-14,21-22,25H,15-20H2,1-4H3,(H,28,30). The Bertz CT molecular complexity index is 799. The van der Waals surface area contributed by atoms with E-state index in [0.717, 1.165) is 38.0 Å². The summed E-state index contributed by atoms with van der Waals surface area (Å²) in [5, 5.41) is 3.36. The first-order valence-corrected chi connectivity index (χ1v) is 11.7. The van der Waals surface area contributed by atoms with Gasteiger partial charge >= 0.3 is 0 Å². The highest BCUT2D eigenvalue weighted by Gasteiger charge is 2.45. The molecule has 1 amide bonds. The minimum Gasteiger partial charge on any atom is -0.360 e. The van der Waals surface area contributed by atoms with Crippen LogP contribution in [0.15, 0.2) is 60.7 Å². The topological polar surface area (TPSA) is 41.6 Å². The van der Waals surface area contributed by atoms with E-state index in [2.05, 4.69) is 68.2 Å². The number of piperidine rings is 1. The highest BCUT2D eigenvalue weighted by atomic mass is 16.5. The molecule has 0 spiro atoms. The quantitative estimate of drug-likeness (QED) is 0.619. The van der Waals surface area contributed by atoms with Crippen molar-refractivity contribution >= 4 is 5.91 Å². The number of rotatable bonds is 9. The number of hydrogen-bond acceptors (Lipinski definition) is 3. The third-order valence-electron chi connectivity index (χ3n) is 6.17. The molecule has 4 heteroatoms. The van der Waals surface area contributed by atoms with E-state index in [1.54, 1.807) is 0 Å². The van der Waals surface area contributed by atoms with Crippen molar-refractivity contribution in [2.75, 3.05) is 19.7 Å². The number of ether oxygens (including phenoxy) is 1. The van der Waals surface area contributed by atoms with E-state index >= 15 is 0 Å². The molecule has 1 aliphatic rings. The van der Waals surface area contributed by atoms with Crippen LogP contribution >= 0.6 is 0 Å². The predicted octanol–water partition coefficient (Wildman–Crippen LogP) is 4.99. The largest absolute Gasteiger partial charge is 0.360 e. The Labute approximate surface area is 188 Å². The second-order valence-electron chi connectivity index (χ2n) is 9.47. The Morgan fingerprint density at radius 1 is 1.00 bits per heavy atom. The van der Waals surface area contributed by atoms with Crippen molar-refractivity contribution in [2.24, 2.45) is 11.8 Å². The third kappa shape index (κ3) is 5.96. The number of nitrogens with one attached hydrogen (secondary N) is 1. The molecule has 0 bridgehead atoms. The van der Waals surface area contributed by atoms with Gasteiger partial charge in [0.1, 0.15) is 0 Å². The molecule has 3 rings (SSSR count). The average molecular weight is 423 g/mol. The van der Waals surface area contributed by atoms with Gasteiger partial charge in [-0.3, -0.25) is 9.69 Å². The zero-order valence-corrected chi connectivity index (χ0v) is 19.5. The molecular weight excluding hydrogens is 384 g/mol. The second kappa shape index (κ2) is 10.9. The van der Waals surface area contributed by atoms with Crippen LogP contribution in [0.1, 0.15) is 51.7 Å². The molecule has 1 heterocycles. The van der Waals surface area contributed by atoms with Crippen LogP contribution in [-0.4, -0.2) is 36.5 Å². The summed E-state index contributed by atoms with van der Waals surface area (Å²) < 4.78 is 6.42. The number of nitrogens with zero attached hydrogens (tertiary/aromatic N) is 1. The third-order valence-corrected chi connectivity index (χ3v) is 6.17. The van der Waals surface area contributed by atoms with Crippen molar-refractivity contribution in [2.45, 2.75) is 58.7 Å². The molecule has 168 valence electrons. The summed E-state index contributed by atoms with van der Waals surface area (Å²) in [6.07, 6.45) is 1.93. The SMILES string of the molecule is CC(C)COC(C(=O)NC1CCN(Cc2ccccc2)CC1)(c1ccccc1)C(C)C. The van der Waals surface area contributed by atoms with E-state index < -0.39 is 5.60 Å². The molecule has 1 unspecified atom stereocenters. The fourth-order valence-electron chi connectivity index (χ4n) is 4.40. The number of amides is 1. The molecule has 1 fully saturated rings. The zero-order chi connectivity index (χ0) is 22.3. The van der Waals surface area contributed by atoms with Gasteiger partial charge in [0.15, 0.2) is 5.60 Å². The molecule has 0 aromatic heterocycles. The van der Waals surface area contributed by atoms with Crippen LogP contribution < -0.4 is 5.32 Å². The maximum Gasteiger partial charge on any atom is 0.257 e. The molecule has 2 aromatic carbocycles. The Kier molecular flexibility index (Phi) is 8.28. The lowest BCUT2D eigenvalue weighted by molar-refractivity contribution is -0.159. The summed E-state index contributed by atoms with van der Waals surface area (Å²) in [4.78, 5) is 16.2. The molecule has 31 heavy (non-hydrogen) atoms. The van der Waals surface area contributed by atoms with Crippen LogP contribution in [0.3, 0.4) is 0 Å². The van der Waals surface area contributed by atoms with Crippen molar-refractivity contribution in [1.82, 2.24) is 10.2 Å². The van der Waals surface area contributed by atoms with Gasteiger partial charge in [-0.25, -0.2) is 0 Å². The zero-order valence-electron chi connectivity index (χ0n) is 19.5. The summed E-state index contributed by atoms with van der Waals surface area (Å²) in [6.45, 7) is 11.9. The minimum absolute atomic E-state index is 0.00383. The summed E-state index contributed by atoms with van der Waals surface area (Å²) in [7, 11) is 0. The second-order valence-corrected chi connectivity index (χ2v) is 9.47. The van der Waals surface area contributed by atoms with Gasteiger partial charge in [0.05, 0.1) is 6.61 Å². The maximum absolute atomic E-state index is 13.7. The van der Waals surface area contributed by atoms with Gasteiger partial charge in [0.25, 0.3) is 5.91 Å². The molecule has 1 N–H and O–H groups in total. The van der Waals surface area contributed by atoms with E-state index in [1.165, 1.54) is 5.56 Å². The molecule has 4 nitrogen and oxygen atoms in total. The summed E-state index contributed by atoms with van der Waals surface area (Å²) in [5.74, 6) is 0.374. The van der Waals surface area contributed by atoms with Crippen LogP contribution in [0.25, 0.3) is 0 Å². The number of likely N-dealkylation sites (tertiary alicyclic amines) is 1. The van der Waals surface area contributed by atoms with E-state index in [1.807, 2.05) is 30.3 Å². The van der Waals surface area contributed by atoms with Crippen molar-refractivity contribution in [3.63, 3.8) is 0 Å². The maximum atomic E-state index is 13.7. The first kappa shape index (κ1) is 23.5. The number of hydrogen-bond donors (Lipinski definition) is 1. The Hall–Kier alpha value is -2.17. The van der Waals surface area contributed by atoms with E-state index in [9.17, 15) is 4.79 Å². The fraction of sp³-hybridized carbons (Fsp3) is 0.519. The predicted molar refractivity (Wildman–Crippen MR) is 127 cm³/mol. The van der Waals surface area contributed by atoms with E-state index in [4.69, 9.17) is 4.74 Å². The number of carbonyl (C=O) groups excluding carboxylic acids is 1. The average Bonchev–Trinajstić information content (AvgIpc) is 2.76. The lowest BCUT2D eigenvalue weighted by atomic mass is 9.81. The Balaban J connectivity index is 1.68. The smallest absolute Gasteiger partial charge is 0.257 e. The fourth-order valence-corrected chi connectivity index (χ4v) is 4.40. The molecular formula is C27H38N2O2. The Morgan fingerprint density at radius 3 is 2.13 bits per heavy atom. The van der Waals surface area contributed by atoms with Gasteiger partial charge in [0, 0.05) is 25.7 Å². The van der Waals surface area contributed by atoms with E-state index in [0.29, 0.717) is 12.5 Å². The molecule has 0 aliphatic carbocycles. The van der Waals surface area contributed by atoms with Gasteiger partial charge in [0.2, 0.25) is 0 Å². The van der Waals surface area contributed by atoms with Crippen molar-refractivity contribution in [1.29, 1.82) is 0 Å². The summed E-state index contributed by atoms with van der Waals surface area (Å²) >= 11 is 0. The molecule has 1 atom stereocenters. The van der Waals surface area contributed by atoms with Gasteiger partial charge in [-0.15, -0.1) is 0 Å². The molecule has 2 aromatic rings. The minimum atomic E-state index is -0.966. The van der Waals surface area contributed by atoms with Gasteiger partial charge in [-0.2, -0.15) is 0 Å². The first-order chi connectivity index (χ1) is 14.9. The van der Waals surface area contributed by atoms with Crippen molar-refractivity contribution in [3.05, 3.63) is 71.8 Å². The lowest BCUT2D eigenvalue weighted by Crippen LogP contribution is -2.55. The van der Waals surface area contributed by atoms with Gasteiger partial charge < -0.3 is 10.1 Å². The molecule has 0 radical (unpaired) electrons. The summed E-state index contributed by atoms with van der Waals surface area (Å²) in [5.41, 5.74) is 1.31. The van der Waals surface area contributed by atoms with Crippen LogP contribution in [-0.2, 0) is 21.7 Å². The van der Waals surface area contributed by atoms with Gasteiger partial charge in [-0.1, -0.05) is 88.4 Å². The van der Waals surface area contributed by atoms with Crippen molar-refractivity contribution in [3.8, 4) is 0 Å². The van der Waals surface area contributed by atoms with Crippen molar-refractivity contribution < 1.29 is 9.53 Å². The highest BCUT2D eigenvalue weighted by molar-refractivity contribution is 5.87. The Morgan fingerprint density at radius 2 is 1.58 bits per heavy atom. The molecule has 0 saturated carbocycles. The number of benzene rings is 2. The van der Waals surface area contributed by atoms with Gasteiger partial charge in [-0.05, 0) is 35.8 Å². The molecule has 1 saturated heterocycles. The summed E-state index contributed by atoms with van der Waals surface area (Å²) in [6, 6.07) is 20.8. The number of carbonyl (C=O) groups is 1. The lowest BCUT2D eigenvalue weighted by Gasteiger charge is -2.40. The van der Waals surface area contributed by atoms with Crippen LogP contribution in [0.2, 0.25) is 0 Å². The highest BCUT2D eigenvalue weighted by Crippen LogP contribution is 2.35.